The lowest BCUT2D eigenvalue weighted by Gasteiger charge is -2.27. The third-order valence-corrected chi connectivity index (χ3v) is 4.29. The minimum atomic E-state index is -0.368. The molecule has 2 aromatic carbocycles. The zero-order valence-electron chi connectivity index (χ0n) is 15.2. The SMILES string of the molecule is CC(C)N(C(=O)CCNC(=O)Nc1ccc(Br)cc1)c1cccc(C#N)c1. The highest BCUT2D eigenvalue weighted by molar-refractivity contribution is 9.10. The van der Waals surface area contributed by atoms with Crippen LogP contribution in [0.3, 0.4) is 0 Å². The summed E-state index contributed by atoms with van der Waals surface area (Å²) in [6.07, 6.45) is 0.155. The number of nitrogens with one attached hydrogen (secondary N) is 2. The van der Waals surface area contributed by atoms with Gasteiger partial charge in [0.1, 0.15) is 0 Å². The maximum absolute atomic E-state index is 12.6. The molecule has 27 heavy (non-hydrogen) atoms. The van der Waals surface area contributed by atoms with Crippen LogP contribution in [-0.4, -0.2) is 24.5 Å². The van der Waals surface area contributed by atoms with Crippen LogP contribution < -0.4 is 15.5 Å². The molecule has 0 fully saturated rings. The Morgan fingerprint density at radius 1 is 1.19 bits per heavy atom. The molecule has 2 rings (SSSR count). The van der Waals surface area contributed by atoms with Crippen molar-refractivity contribution < 1.29 is 9.59 Å². The van der Waals surface area contributed by atoms with Gasteiger partial charge in [0.15, 0.2) is 0 Å². The van der Waals surface area contributed by atoms with E-state index in [4.69, 9.17) is 5.26 Å². The minimum absolute atomic E-state index is 0.0666. The predicted octanol–water partition coefficient (Wildman–Crippen LogP) is 4.27. The lowest BCUT2D eigenvalue weighted by molar-refractivity contribution is -0.118. The van der Waals surface area contributed by atoms with Crippen molar-refractivity contribution in [3.8, 4) is 6.07 Å². The highest BCUT2D eigenvalue weighted by Crippen LogP contribution is 2.19. The first-order valence-electron chi connectivity index (χ1n) is 8.53. The van der Waals surface area contributed by atoms with Gasteiger partial charge in [0.05, 0.1) is 11.6 Å². The fraction of sp³-hybridized carbons (Fsp3) is 0.250. The number of benzene rings is 2. The topological polar surface area (TPSA) is 85.2 Å². The fourth-order valence-electron chi connectivity index (χ4n) is 2.57. The Morgan fingerprint density at radius 3 is 2.52 bits per heavy atom. The van der Waals surface area contributed by atoms with Crippen molar-refractivity contribution >= 4 is 39.2 Å². The van der Waals surface area contributed by atoms with Gasteiger partial charge >= 0.3 is 6.03 Å². The minimum Gasteiger partial charge on any atom is -0.337 e. The van der Waals surface area contributed by atoms with Crippen LogP contribution in [-0.2, 0) is 4.79 Å². The maximum Gasteiger partial charge on any atom is 0.319 e. The Morgan fingerprint density at radius 2 is 1.89 bits per heavy atom. The number of carbonyl (C=O) groups is 2. The summed E-state index contributed by atoms with van der Waals surface area (Å²) in [4.78, 5) is 26.2. The summed E-state index contributed by atoms with van der Waals surface area (Å²) in [5, 5.41) is 14.4. The molecule has 140 valence electrons. The average molecular weight is 429 g/mol. The number of nitrogens with zero attached hydrogens (tertiary/aromatic N) is 2. The van der Waals surface area contributed by atoms with Crippen molar-refractivity contribution in [3.63, 3.8) is 0 Å². The van der Waals surface area contributed by atoms with Gasteiger partial charge in [-0.1, -0.05) is 22.0 Å². The Bertz CT molecular complexity index is 844. The summed E-state index contributed by atoms with van der Waals surface area (Å²) in [6.45, 7) is 4.03. The molecule has 0 radical (unpaired) electrons. The summed E-state index contributed by atoms with van der Waals surface area (Å²) < 4.78 is 0.924. The third-order valence-electron chi connectivity index (χ3n) is 3.77. The number of carbonyl (C=O) groups excluding carboxylic acids is 2. The van der Waals surface area contributed by atoms with E-state index < -0.39 is 0 Å². The molecule has 0 atom stereocenters. The second-order valence-corrected chi connectivity index (χ2v) is 7.07. The van der Waals surface area contributed by atoms with Gasteiger partial charge in [-0.2, -0.15) is 5.26 Å². The monoisotopic (exact) mass is 428 g/mol. The molecule has 0 bridgehead atoms. The Balaban J connectivity index is 1.91. The van der Waals surface area contributed by atoms with Gasteiger partial charge in [-0.25, -0.2) is 4.79 Å². The molecule has 0 saturated carbocycles. The zero-order valence-corrected chi connectivity index (χ0v) is 16.8. The van der Waals surface area contributed by atoms with E-state index in [2.05, 4.69) is 32.6 Å². The summed E-state index contributed by atoms with van der Waals surface area (Å²) in [7, 11) is 0. The number of amides is 3. The van der Waals surface area contributed by atoms with Gasteiger partial charge in [0.2, 0.25) is 5.91 Å². The second kappa shape index (κ2) is 9.74. The Kier molecular flexibility index (Phi) is 7.38. The van der Waals surface area contributed by atoms with Gasteiger partial charge in [-0.15, -0.1) is 0 Å². The van der Waals surface area contributed by atoms with E-state index in [1.807, 2.05) is 26.0 Å². The van der Waals surface area contributed by atoms with E-state index in [-0.39, 0.29) is 30.9 Å². The molecule has 2 N–H and O–H groups in total. The van der Waals surface area contributed by atoms with Crippen molar-refractivity contribution in [2.24, 2.45) is 0 Å². The molecule has 0 aliphatic rings. The third kappa shape index (κ3) is 6.12. The fourth-order valence-corrected chi connectivity index (χ4v) is 2.83. The lowest BCUT2D eigenvalue weighted by Crippen LogP contribution is -2.39. The Hall–Kier alpha value is -2.85. The van der Waals surface area contributed by atoms with Crippen LogP contribution in [0.25, 0.3) is 0 Å². The number of hydrogen-bond acceptors (Lipinski definition) is 3. The van der Waals surface area contributed by atoms with Crippen LogP contribution in [0.1, 0.15) is 25.8 Å². The van der Waals surface area contributed by atoms with E-state index in [0.717, 1.165) is 4.47 Å². The second-order valence-electron chi connectivity index (χ2n) is 6.16. The van der Waals surface area contributed by atoms with Crippen LogP contribution in [0.4, 0.5) is 16.2 Å². The van der Waals surface area contributed by atoms with E-state index in [0.29, 0.717) is 16.9 Å². The molecule has 3 amide bonds. The largest absolute Gasteiger partial charge is 0.337 e. The molecular weight excluding hydrogens is 408 g/mol. The molecule has 6 nitrogen and oxygen atoms in total. The van der Waals surface area contributed by atoms with Crippen LogP contribution in [0, 0.1) is 11.3 Å². The summed E-state index contributed by atoms with van der Waals surface area (Å²) in [5.41, 5.74) is 1.84. The van der Waals surface area contributed by atoms with Gasteiger partial charge < -0.3 is 15.5 Å². The van der Waals surface area contributed by atoms with Crippen molar-refractivity contribution in [2.45, 2.75) is 26.3 Å². The normalized spacial score (nSPS) is 10.2. The first-order chi connectivity index (χ1) is 12.9. The predicted molar refractivity (Wildman–Crippen MR) is 110 cm³/mol. The highest BCUT2D eigenvalue weighted by atomic mass is 79.9. The van der Waals surface area contributed by atoms with Crippen molar-refractivity contribution in [2.75, 3.05) is 16.8 Å². The standard InChI is InChI=1S/C20H21BrN4O2/c1-14(2)25(18-5-3-4-15(12-18)13-22)19(26)10-11-23-20(27)24-17-8-6-16(21)7-9-17/h3-9,12,14H,10-11H2,1-2H3,(H2,23,24,27). The average Bonchev–Trinajstić information content (AvgIpc) is 2.63. The molecule has 0 heterocycles. The van der Waals surface area contributed by atoms with Gasteiger partial charge in [0, 0.05) is 34.9 Å². The van der Waals surface area contributed by atoms with Gasteiger partial charge in [-0.05, 0) is 56.3 Å². The molecular formula is C20H21BrN4O2. The van der Waals surface area contributed by atoms with Crippen LogP contribution in [0.15, 0.2) is 53.0 Å². The molecule has 0 aliphatic heterocycles. The van der Waals surface area contributed by atoms with E-state index in [1.54, 1.807) is 41.3 Å². The number of nitriles is 1. The van der Waals surface area contributed by atoms with E-state index in [1.165, 1.54) is 0 Å². The van der Waals surface area contributed by atoms with Crippen molar-refractivity contribution in [3.05, 3.63) is 58.6 Å². The molecule has 0 aliphatic carbocycles. The maximum atomic E-state index is 12.6. The van der Waals surface area contributed by atoms with Crippen molar-refractivity contribution in [1.82, 2.24) is 5.32 Å². The molecule has 0 aromatic heterocycles. The first kappa shape index (κ1) is 20.5. The number of anilines is 2. The number of hydrogen-bond donors (Lipinski definition) is 2. The summed E-state index contributed by atoms with van der Waals surface area (Å²) in [6, 6.07) is 15.8. The smallest absolute Gasteiger partial charge is 0.319 e. The molecule has 2 aromatic rings. The summed E-state index contributed by atoms with van der Waals surface area (Å²) >= 11 is 3.33. The van der Waals surface area contributed by atoms with Gasteiger partial charge in [-0.3, -0.25) is 4.79 Å². The zero-order chi connectivity index (χ0) is 19.8. The quantitative estimate of drug-likeness (QED) is 0.719. The number of rotatable bonds is 6. The lowest BCUT2D eigenvalue weighted by atomic mass is 10.1. The summed E-state index contributed by atoms with van der Waals surface area (Å²) in [5.74, 6) is -0.121. The van der Waals surface area contributed by atoms with Crippen LogP contribution >= 0.6 is 15.9 Å². The molecule has 0 unspecified atom stereocenters. The van der Waals surface area contributed by atoms with Gasteiger partial charge in [0.25, 0.3) is 0 Å². The van der Waals surface area contributed by atoms with Crippen LogP contribution in [0.2, 0.25) is 0 Å². The molecule has 0 saturated heterocycles. The molecule has 7 heteroatoms. The number of halogens is 1. The van der Waals surface area contributed by atoms with Crippen molar-refractivity contribution in [1.29, 1.82) is 5.26 Å². The molecule has 0 spiro atoms. The highest BCUT2D eigenvalue weighted by Gasteiger charge is 2.19. The first-order valence-corrected chi connectivity index (χ1v) is 9.32. The Labute approximate surface area is 167 Å². The van der Waals surface area contributed by atoms with Crippen LogP contribution in [0.5, 0.6) is 0 Å². The van der Waals surface area contributed by atoms with E-state index >= 15 is 0 Å². The number of urea groups is 1. The van der Waals surface area contributed by atoms with E-state index in [9.17, 15) is 9.59 Å².